The number of rotatable bonds is 7. The van der Waals surface area contributed by atoms with Gasteiger partial charge in [0.1, 0.15) is 24.2 Å². The molecule has 0 radical (unpaired) electrons. The Hall–Kier alpha value is -3.29. The summed E-state index contributed by atoms with van der Waals surface area (Å²) >= 11 is 0. The topological polar surface area (TPSA) is 45.5 Å². The van der Waals surface area contributed by atoms with E-state index in [0.29, 0.717) is 18.2 Å². The molecule has 0 amide bonds. The second-order valence-corrected chi connectivity index (χ2v) is 9.79. The molecule has 4 nitrogen and oxygen atoms in total. The predicted octanol–water partition coefficient (Wildman–Crippen LogP) is 6.68. The highest BCUT2D eigenvalue weighted by Crippen LogP contribution is 2.41. The van der Waals surface area contributed by atoms with Crippen LogP contribution in [0.2, 0.25) is 0 Å². The highest BCUT2D eigenvalue weighted by atomic mass is 16.5. The van der Waals surface area contributed by atoms with Crippen LogP contribution >= 0.6 is 0 Å². The van der Waals surface area contributed by atoms with Crippen molar-refractivity contribution in [3.8, 4) is 28.7 Å². The Kier molecular flexibility index (Phi) is 7.06. The molecular formula is C31H34N2O2. The van der Waals surface area contributed by atoms with E-state index < -0.39 is 0 Å². The maximum Gasteiger partial charge on any atom is 0.127 e. The molecule has 0 aromatic heterocycles. The fourth-order valence-corrected chi connectivity index (χ4v) is 5.74. The molecule has 1 unspecified atom stereocenters. The van der Waals surface area contributed by atoms with Crippen molar-refractivity contribution >= 4 is 0 Å². The van der Waals surface area contributed by atoms with Crippen LogP contribution in [0.15, 0.2) is 54.6 Å². The molecule has 0 saturated carbocycles. The van der Waals surface area contributed by atoms with Gasteiger partial charge in [-0.2, -0.15) is 5.26 Å². The second kappa shape index (κ2) is 10.5. The quantitative estimate of drug-likeness (QED) is 0.390. The highest BCUT2D eigenvalue weighted by molar-refractivity contribution is 5.72. The van der Waals surface area contributed by atoms with Gasteiger partial charge in [0.15, 0.2) is 0 Å². The first-order valence-electron chi connectivity index (χ1n) is 12.9. The van der Waals surface area contributed by atoms with Gasteiger partial charge in [-0.15, -0.1) is 0 Å². The molecule has 2 aliphatic rings. The maximum atomic E-state index is 9.98. The number of hydrogen-bond donors (Lipinski definition) is 0. The molecule has 0 bridgehead atoms. The van der Waals surface area contributed by atoms with E-state index >= 15 is 0 Å². The first kappa shape index (κ1) is 23.5. The smallest absolute Gasteiger partial charge is 0.127 e. The van der Waals surface area contributed by atoms with E-state index in [1.54, 1.807) is 7.11 Å². The van der Waals surface area contributed by atoms with E-state index in [1.165, 1.54) is 36.0 Å². The minimum Gasteiger partial charge on any atom is -0.496 e. The molecule has 1 heterocycles. The third-order valence-corrected chi connectivity index (χ3v) is 7.69. The van der Waals surface area contributed by atoms with E-state index in [1.807, 2.05) is 48.5 Å². The van der Waals surface area contributed by atoms with Gasteiger partial charge in [-0.1, -0.05) is 55.0 Å². The van der Waals surface area contributed by atoms with Gasteiger partial charge in [0.05, 0.1) is 12.7 Å². The number of benzene rings is 3. The summed E-state index contributed by atoms with van der Waals surface area (Å²) < 4.78 is 12.3. The van der Waals surface area contributed by atoms with Crippen molar-refractivity contribution in [1.29, 1.82) is 5.26 Å². The van der Waals surface area contributed by atoms with E-state index in [9.17, 15) is 5.26 Å². The molecule has 180 valence electrons. The summed E-state index contributed by atoms with van der Waals surface area (Å²) in [6, 6.07) is 21.2. The van der Waals surface area contributed by atoms with Gasteiger partial charge in [-0.25, -0.2) is 0 Å². The van der Waals surface area contributed by atoms with E-state index in [-0.39, 0.29) is 0 Å². The Morgan fingerprint density at radius 2 is 1.80 bits per heavy atom. The lowest BCUT2D eigenvalue weighted by Gasteiger charge is -2.34. The van der Waals surface area contributed by atoms with Crippen LogP contribution in [0.25, 0.3) is 11.1 Å². The molecule has 5 rings (SSSR count). The first-order valence-corrected chi connectivity index (χ1v) is 12.9. The average Bonchev–Trinajstić information content (AvgIpc) is 3.40. The van der Waals surface area contributed by atoms with Crippen molar-refractivity contribution in [3.05, 3.63) is 82.4 Å². The minimum atomic E-state index is 0.363. The molecule has 0 spiro atoms. The summed E-state index contributed by atoms with van der Waals surface area (Å²) in [4.78, 5) is 2.61. The van der Waals surface area contributed by atoms with Crippen molar-refractivity contribution < 1.29 is 9.47 Å². The fraction of sp³-hybridized carbons (Fsp3) is 0.387. The lowest BCUT2D eigenvalue weighted by atomic mass is 9.96. The molecule has 1 saturated heterocycles. The van der Waals surface area contributed by atoms with Crippen LogP contribution in [0.3, 0.4) is 0 Å². The molecule has 35 heavy (non-hydrogen) atoms. The van der Waals surface area contributed by atoms with Crippen LogP contribution in [0, 0.1) is 11.3 Å². The van der Waals surface area contributed by atoms with Gasteiger partial charge in [0.25, 0.3) is 0 Å². The van der Waals surface area contributed by atoms with E-state index in [2.05, 4.69) is 24.0 Å². The second-order valence-electron chi connectivity index (χ2n) is 9.79. The lowest BCUT2D eigenvalue weighted by Crippen LogP contribution is -2.37. The summed E-state index contributed by atoms with van der Waals surface area (Å²) in [5, 5.41) is 9.98. The van der Waals surface area contributed by atoms with Gasteiger partial charge in [0.2, 0.25) is 0 Å². The Bertz CT molecular complexity index is 1230. The normalized spacial score (nSPS) is 17.6. The van der Waals surface area contributed by atoms with Gasteiger partial charge >= 0.3 is 0 Å². The number of piperidine rings is 1. The van der Waals surface area contributed by atoms with Gasteiger partial charge in [-0.05, 0) is 67.8 Å². The Balaban J connectivity index is 1.43. The first-order chi connectivity index (χ1) is 17.2. The monoisotopic (exact) mass is 466 g/mol. The Labute approximate surface area is 209 Å². The largest absolute Gasteiger partial charge is 0.496 e. The summed E-state index contributed by atoms with van der Waals surface area (Å²) in [6.45, 7) is 4.82. The molecular weight excluding hydrogens is 432 g/mol. The molecule has 3 aromatic carbocycles. The van der Waals surface area contributed by atoms with Gasteiger partial charge in [0, 0.05) is 29.8 Å². The zero-order valence-electron chi connectivity index (χ0n) is 20.8. The number of nitrogens with zero attached hydrogens (tertiary/aromatic N) is 2. The number of fused-ring (bicyclic) bond motifs is 1. The van der Waals surface area contributed by atoms with Crippen LogP contribution < -0.4 is 9.47 Å². The van der Waals surface area contributed by atoms with Crippen molar-refractivity contribution in [3.63, 3.8) is 0 Å². The molecule has 4 heteroatoms. The SMILES string of the molecule is COc1cc(OCc2cccc(-c3ccccc3)c2C#N)c2c(c1CN1CCCCC1C)CCC2. The summed E-state index contributed by atoms with van der Waals surface area (Å²) in [6.07, 6.45) is 7.14. The van der Waals surface area contributed by atoms with Crippen LogP contribution in [0.4, 0.5) is 0 Å². The van der Waals surface area contributed by atoms with Crippen molar-refractivity contribution in [1.82, 2.24) is 4.90 Å². The average molecular weight is 467 g/mol. The fourth-order valence-electron chi connectivity index (χ4n) is 5.74. The molecule has 1 atom stereocenters. The highest BCUT2D eigenvalue weighted by Gasteiger charge is 2.27. The standard InChI is InChI=1S/C31H34N2O2/c1-22-10-6-7-17-33(22)20-29-26-15-9-16-27(26)31(18-30(29)34-2)35-21-24-13-8-14-25(28(24)19-32)23-11-4-3-5-12-23/h3-5,8,11-14,18,22H,6-7,9-10,15-17,20-21H2,1-2H3. The van der Waals surface area contributed by atoms with Crippen LogP contribution in [0.5, 0.6) is 11.5 Å². The zero-order chi connectivity index (χ0) is 24.2. The van der Waals surface area contributed by atoms with Crippen molar-refractivity contribution in [2.45, 2.75) is 64.6 Å². The number of hydrogen-bond acceptors (Lipinski definition) is 4. The molecule has 1 aliphatic heterocycles. The Morgan fingerprint density at radius 1 is 0.971 bits per heavy atom. The molecule has 1 aliphatic carbocycles. The lowest BCUT2D eigenvalue weighted by molar-refractivity contribution is 0.150. The van der Waals surface area contributed by atoms with Crippen LogP contribution in [-0.2, 0) is 26.0 Å². The summed E-state index contributed by atoms with van der Waals surface area (Å²) in [7, 11) is 1.76. The van der Waals surface area contributed by atoms with Gasteiger partial charge in [-0.3, -0.25) is 4.90 Å². The van der Waals surface area contributed by atoms with Crippen LogP contribution in [-0.4, -0.2) is 24.6 Å². The van der Waals surface area contributed by atoms with E-state index in [0.717, 1.165) is 60.5 Å². The molecule has 3 aromatic rings. The maximum absolute atomic E-state index is 9.98. The van der Waals surface area contributed by atoms with Crippen LogP contribution in [0.1, 0.15) is 60.4 Å². The van der Waals surface area contributed by atoms with Crippen molar-refractivity contribution in [2.24, 2.45) is 0 Å². The molecule has 1 fully saturated rings. The minimum absolute atomic E-state index is 0.363. The zero-order valence-corrected chi connectivity index (χ0v) is 20.8. The van der Waals surface area contributed by atoms with Gasteiger partial charge < -0.3 is 9.47 Å². The third-order valence-electron chi connectivity index (χ3n) is 7.69. The summed E-state index contributed by atoms with van der Waals surface area (Å²) in [5.41, 5.74) is 7.65. The Morgan fingerprint density at radius 3 is 2.57 bits per heavy atom. The predicted molar refractivity (Wildman–Crippen MR) is 140 cm³/mol. The third kappa shape index (κ3) is 4.79. The number of methoxy groups -OCH3 is 1. The molecule has 0 N–H and O–H groups in total. The number of nitriles is 1. The summed E-state index contributed by atoms with van der Waals surface area (Å²) in [5.74, 6) is 1.83. The van der Waals surface area contributed by atoms with Crippen molar-refractivity contribution in [2.75, 3.05) is 13.7 Å². The number of ether oxygens (including phenoxy) is 2. The van der Waals surface area contributed by atoms with E-state index in [4.69, 9.17) is 9.47 Å². The number of likely N-dealkylation sites (tertiary alicyclic amines) is 1.